The summed E-state index contributed by atoms with van der Waals surface area (Å²) in [5.41, 5.74) is 0.300. The fraction of sp³-hybridized carbons (Fsp3) is 0.692. The van der Waals surface area contributed by atoms with Crippen LogP contribution < -0.4 is 10.6 Å². The van der Waals surface area contributed by atoms with Gasteiger partial charge in [0, 0.05) is 5.56 Å². The normalized spacial score (nSPS) is 31.8. The molecule has 3 saturated carbocycles. The summed E-state index contributed by atoms with van der Waals surface area (Å²) < 4.78 is 13.0. The smallest absolute Gasteiger partial charge is 0.404 e. The van der Waals surface area contributed by atoms with E-state index in [1.165, 1.54) is 6.92 Å². The van der Waals surface area contributed by atoms with E-state index in [9.17, 15) is 14.7 Å². The molecule has 0 aromatic heterocycles. The molecule has 4 aliphatic rings. The minimum atomic E-state index is -1.09. The zero-order valence-corrected chi connectivity index (χ0v) is 21.2. The summed E-state index contributed by atoms with van der Waals surface area (Å²) >= 11 is 0. The molecular formula is C26H39BN2O5. The molecular weight excluding hydrogens is 431 g/mol. The van der Waals surface area contributed by atoms with Crippen LogP contribution >= 0.6 is 0 Å². The summed E-state index contributed by atoms with van der Waals surface area (Å²) in [6.45, 7) is 12.5. The van der Waals surface area contributed by atoms with Crippen LogP contribution in [0, 0.1) is 23.2 Å². The number of hydrogen-bond acceptors (Lipinski definition) is 5. The van der Waals surface area contributed by atoms with Crippen LogP contribution in [0.1, 0.15) is 71.2 Å². The Hall–Kier alpha value is -1.90. The molecule has 5 rings (SSSR count). The first-order valence-electron chi connectivity index (χ1n) is 12.6. The lowest BCUT2D eigenvalue weighted by Gasteiger charge is -2.64. The number of rotatable bonds is 8. The predicted octanol–water partition coefficient (Wildman–Crippen LogP) is 2.96. The third kappa shape index (κ3) is 4.52. The lowest BCUT2D eigenvalue weighted by atomic mass is 9.43. The summed E-state index contributed by atoms with van der Waals surface area (Å²) in [6, 6.07) is 7.58. The van der Waals surface area contributed by atoms with Gasteiger partial charge in [-0.1, -0.05) is 45.9 Å². The molecule has 0 radical (unpaired) electrons. The summed E-state index contributed by atoms with van der Waals surface area (Å²) in [4.78, 5) is 25.9. The first-order chi connectivity index (χ1) is 15.9. The second-order valence-corrected chi connectivity index (χ2v) is 11.6. The maximum atomic E-state index is 13.3. The average molecular weight is 470 g/mol. The van der Waals surface area contributed by atoms with Crippen LogP contribution in [-0.4, -0.2) is 53.8 Å². The molecule has 1 aromatic carbocycles. The minimum Gasteiger partial charge on any atom is -0.404 e. The maximum absolute atomic E-state index is 13.3. The number of aliphatic hydroxyl groups is 1. The molecule has 2 bridgehead atoms. The molecule has 1 aromatic rings. The third-order valence-electron chi connectivity index (χ3n) is 8.44. The monoisotopic (exact) mass is 470 g/mol. The Kier molecular flexibility index (Phi) is 6.88. The van der Waals surface area contributed by atoms with E-state index in [1.807, 2.05) is 6.07 Å². The molecule has 8 heteroatoms. The Morgan fingerprint density at radius 1 is 1.12 bits per heavy atom. The van der Waals surface area contributed by atoms with Crippen molar-refractivity contribution in [3.8, 4) is 0 Å². The number of carbonyl (C=O) groups excluding carboxylic acids is 2. The van der Waals surface area contributed by atoms with Crippen molar-refractivity contribution >= 4 is 18.9 Å². The topological polar surface area (TPSA) is 96.9 Å². The number of hydrogen-bond donors (Lipinski definition) is 3. The molecule has 186 valence electrons. The number of carbonyl (C=O) groups is 2. The van der Waals surface area contributed by atoms with Gasteiger partial charge in [0.15, 0.2) is 0 Å². The van der Waals surface area contributed by atoms with Crippen LogP contribution in [0.2, 0.25) is 0 Å². The highest BCUT2D eigenvalue weighted by Gasteiger charge is 2.68. The van der Waals surface area contributed by atoms with Crippen molar-refractivity contribution in [3.05, 3.63) is 35.9 Å². The van der Waals surface area contributed by atoms with Gasteiger partial charge in [-0.2, -0.15) is 0 Å². The van der Waals surface area contributed by atoms with Gasteiger partial charge in [0.2, 0.25) is 5.91 Å². The van der Waals surface area contributed by atoms with Crippen molar-refractivity contribution in [2.75, 3.05) is 0 Å². The SMILES string of the molecule is CC(C)C[C@H](NC(=O)[C@@H](NC(=O)c1ccccc1)[C@@H](C)O)B1O[C@@H]2C[C@H]3C[C@H](C3(C)C)[C@]2(C)O1. The highest BCUT2D eigenvalue weighted by molar-refractivity contribution is 6.48. The maximum Gasteiger partial charge on any atom is 0.481 e. The van der Waals surface area contributed by atoms with Crippen molar-refractivity contribution < 1.29 is 24.0 Å². The molecule has 1 aliphatic heterocycles. The Morgan fingerprint density at radius 2 is 1.79 bits per heavy atom. The van der Waals surface area contributed by atoms with E-state index in [2.05, 4.69) is 45.3 Å². The van der Waals surface area contributed by atoms with Crippen LogP contribution in [0.25, 0.3) is 0 Å². The van der Waals surface area contributed by atoms with Crippen LogP contribution in [0.4, 0.5) is 0 Å². The zero-order chi connectivity index (χ0) is 24.8. The van der Waals surface area contributed by atoms with Gasteiger partial charge >= 0.3 is 7.12 Å². The van der Waals surface area contributed by atoms with Gasteiger partial charge in [-0.3, -0.25) is 9.59 Å². The summed E-state index contributed by atoms with van der Waals surface area (Å²) in [5.74, 6) is 0.133. The fourth-order valence-corrected chi connectivity index (χ4v) is 6.31. The summed E-state index contributed by atoms with van der Waals surface area (Å²) in [5, 5.41) is 16.0. The lowest BCUT2D eigenvalue weighted by molar-refractivity contribution is -0.199. The average Bonchev–Trinajstić information content (AvgIpc) is 3.13. The Labute approximate surface area is 203 Å². The zero-order valence-electron chi connectivity index (χ0n) is 21.2. The summed E-state index contributed by atoms with van der Waals surface area (Å²) in [6.07, 6.45) is 1.75. The lowest BCUT2D eigenvalue weighted by Crippen LogP contribution is -2.65. The van der Waals surface area contributed by atoms with E-state index >= 15 is 0 Å². The van der Waals surface area contributed by atoms with E-state index in [-0.39, 0.29) is 23.1 Å². The molecule has 4 fully saturated rings. The van der Waals surface area contributed by atoms with Crippen molar-refractivity contribution in [1.29, 1.82) is 0 Å². The molecule has 7 nitrogen and oxygen atoms in total. The van der Waals surface area contributed by atoms with Crippen molar-refractivity contribution in [1.82, 2.24) is 10.6 Å². The summed E-state index contributed by atoms with van der Waals surface area (Å²) in [7, 11) is -0.559. The Bertz CT molecular complexity index is 908. The third-order valence-corrected chi connectivity index (χ3v) is 8.44. The van der Waals surface area contributed by atoms with E-state index in [0.717, 1.165) is 12.8 Å². The number of amides is 2. The van der Waals surface area contributed by atoms with Crippen molar-refractivity contribution in [3.63, 3.8) is 0 Å². The quantitative estimate of drug-likeness (QED) is 0.508. The largest absolute Gasteiger partial charge is 0.481 e. The Balaban J connectivity index is 1.47. The molecule has 34 heavy (non-hydrogen) atoms. The standard InChI is InChI=1S/C26H39BN2O5/c1-15(2)12-21(27-33-20-14-18-13-19(25(18,4)5)26(20,6)34-27)28-24(32)22(16(3)30)29-23(31)17-10-8-7-9-11-17/h7-11,15-16,18-22,30H,12-14H2,1-6H3,(H,28,32)(H,29,31)/t16-,18-,19-,20-,21+,22+,26+/m1/s1. The molecule has 2 amide bonds. The predicted molar refractivity (Wildman–Crippen MR) is 131 cm³/mol. The Morgan fingerprint density at radius 3 is 2.38 bits per heavy atom. The molecule has 3 N–H and O–H groups in total. The van der Waals surface area contributed by atoms with Gasteiger partial charge in [0.25, 0.3) is 5.91 Å². The van der Waals surface area contributed by atoms with E-state index in [1.54, 1.807) is 24.3 Å². The molecule has 3 aliphatic carbocycles. The number of aliphatic hydroxyl groups excluding tert-OH is 1. The number of benzene rings is 1. The van der Waals surface area contributed by atoms with Crippen LogP contribution in [0.3, 0.4) is 0 Å². The fourth-order valence-electron chi connectivity index (χ4n) is 6.31. The molecule has 0 unspecified atom stereocenters. The van der Waals surface area contributed by atoms with Gasteiger partial charge < -0.3 is 25.0 Å². The molecule has 1 heterocycles. The molecule has 7 atom stereocenters. The van der Waals surface area contributed by atoms with Crippen LogP contribution in [0.15, 0.2) is 30.3 Å². The van der Waals surface area contributed by atoms with E-state index < -0.39 is 31.1 Å². The van der Waals surface area contributed by atoms with Crippen molar-refractivity contribution in [2.24, 2.45) is 23.2 Å². The number of nitrogens with one attached hydrogen (secondary N) is 2. The van der Waals surface area contributed by atoms with Gasteiger partial charge in [-0.05, 0) is 68.4 Å². The first kappa shape index (κ1) is 25.2. The highest BCUT2D eigenvalue weighted by atomic mass is 16.7. The van der Waals surface area contributed by atoms with Crippen molar-refractivity contribution in [2.45, 2.75) is 90.6 Å². The van der Waals surface area contributed by atoms with Gasteiger partial charge in [-0.25, -0.2) is 0 Å². The highest BCUT2D eigenvalue weighted by Crippen LogP contribution is 2.65. The first-order valence-corrected chi connectivity index (χ1v) is 12.6. The van der Waals surface area contributed by atoms with E-state index in [4.69, 9.17) is 9.31 Å². The van der Waals surface area contributed by atoms with E-state index in [0.29, 0.717) is 29.7 Å². The molecule has 1 saturated heterocycles. The van der Waals surface area contributed by atoms with Crippen LogP contribution in [0.5, 0.6) is 0 Å². The molecule has 0 spiro atoms. The second-order valence-electron chi connectivity index (χ2n) is 11.6. The second kappa shape index (κ2) is 9.28. The minimum absolute atomic E-state index is 0.0196. The van der Waals surface area contributed by atoms with Gasteiger partial charge in [-0.15, -0.1) is 0 Å². The van der Waals surface area contributed by atoms with Gasteiger partial charge in [0.1, 0.15) is 6.04 Å². The van der Waals surface area contributed by atoms with Crippen LogP contribution in [-0.2, 0) is 14.1 Å². The van der Waals surface area contributed by atoms with Gasteiger partial charge in [0.05, 0.1) is 23.8 Å².